The Morgan fingerprint density at radius 1 is 0.838 bits per heavy atom. The molecule has 3 heterocycles. The summed E-state index contributed by atoms with van der Waals surface area (Å²) in [6.07, 6.45) is 2.38. The minimum absolute atomic E-state index is 0.332. The van der Waals surface area contributed by atoms with Crippen LogP contribution in [0.4, 0.5) is 17.1 Å². The van der Waals surface area contributed by atoms with Crippen LogP contribution in [0.5, 0.6) is 17.2 Å². The zero-order valence-electron chi connectivity index (χ0n) is 20.5. The second kappa shape index (κ2) is 8.30. The standard InChI is InChI=1S/C31H26N2O4/c1-35-28-11-5-4-10-26(28)32-20-12-15-27-25(18-20)31(23-9-3-2-8-22(23)30(34)37-31)24-14-13-21(19-29(24)36-27)33-16-6-7-17-33/h2-5,8-15,18-19,32H,6-7,16-17H2,1H3. The summed E-state index contributed by atoms with van der Waals surface area (Å²) in [5, 5.41) is 3.46. The van der Waals surface area contributed by atoms with Crippen molar-refractivity contribution in [3.8, 4) is 17.2 Å². The molecule has 0 saturated carbocycles. The molecule has 0 bridgehead atoms. The fourth-order valence-electron chi connectivity index (χ4n) is 5.81. The Kier molecular flexibility index (Phi) is 4.89. The number of nitrogens with zero attached hydrogens (tertiary/aromatic N) is 1. The van der Waals surface area contributed by atoms with Gasteiger partial charge in [-0.2, -0.15) is 0 Å². The quantitative estimate of drug-likeness (QED) is 0.325. The lowest BCUT2D eigenvalue weighted by Gasteiger charge is -2.37. The molecule has 1 atom stereocenters. The van der Waals surface area contributed by atoms with Crippen LogP contribution in [0.3, 0.4) is 0 Å². The van der Waals surface area contributed by atoms with Crippen LogP contribution in [0.15, 0.2) is 84.9 Å². The molecule has 1 unspecified atom stereocenters. The van der Waals surface area contributed by atoms with Crippen LogP contribution in [0, 0.1) is 0 Å². The lowest BCUT2D eigenvalue weighted by Crippen LogP contribution is -2.33. The van der Waals surface area contributed by atoms with Gasteiger partial charge in [-0.3, -0.25) is 0 Å². The predicted molar refractivity (Wildman–Crippen MR) is 142 cm³/mol. The normalized spacial score (nSPS) is 19.1. The lowest BCUT2D eigenvalue weighted by atomic mass is 9.77. The third-order valence-corrected chi connectivity index (χ3v) is 7.55. The number of carbonyl (C=O) groups is 1. The van der Waals surface area contributed by atoms with Crippen LogP contribution in [0.1, 0.15) is 39.9 Å². The Hall–Kier alpha value is -4.45. The maximum atomic E-state index is 13.2. The highest BCUT2D eigenvalue weighted by atomic mass is 16.6. The number of fused-ring (bicyclic) bond motifs is 6. The molecule has 184 valence electrons. The van der Waals surface area contributed by atoms with Gasteiger partial charge in [0.25, 0.3) is 0 Å². The molecule has 6 heteroatoms. The lowest BCUT2D eigenvalue weighted by molar-refractivity contribution is 0.0224. The van der Waals surface area contributed by atoms with E-state index >= 15 is 0 Å². The summed E-state index contributed by atoms with van der Waals surface area (Å²) < 4.78 is 18.4. The summed E-state index contributed by atoms with van der Waals surface area (Å²) in [4.78, 5) is 15.6. The molecule has 0 amide bonds. The molecular formula is C31H26N2O4. The molecule has 6 nitrogen and oxygen atoms in total. The molecule has 0 aliphatic carbocycles. The van der Waals surface area contributed by atoms with Crippen LogP contribution >= 0.6 is 0 Å². The third-order valence-electron chi connectivity index (χ3n) is 7.55. The van der Waals surface area contributed by atoms with Crippen molar-refractivity contribution in [1.82, 2.24) is 0 Å². The first kappa shape index (κ1) is 21.8. The number of hydrogen-bond donors (Lipinski definition) is 1. The molecule has 1 N–H and O–H groups in total. The van der Waals surface area contributed by atoms with E-state index in [9.17, 15) is 4.79 Å². The van der Waals surface area contributed by atoms with E-state index in [0.717, 1.165) is 52.6 Å². The second-order valence-electron chi connectivity index (χ2n) is 9.63. The van der Waals surface area contributed by atoms with Gasteiger partial charge in [0.05, 0.1) is 18.4 Å². The molecule has 7 rings (SSSR count). The maximum Gasteiger partial charge on any atom is 0.340 e. The first-order valence-corrected chi connectivity index (χ1v) is 12.6. The number of esters is 1. The fraction of sp³-hybridized carbons (Fsp3) is 0.194. The van der Waals surface area contributed by atoms with Crippen molar-refractivity contribution in [2.45, 2.75) is 18.4 Å². The average molecular weight is 491 g/mol. The predicted octanol–water partition coefficient (Wildman–Crippen LogP) is 6.61. The number of benzene rings is 4. The van der Waals surface area contributed by atoms with Crippen LogP contribution in [-0.4, -0.2) is 26.2 Å². The van der Waals surface area contributed by atoms with E-state index in [1.54, 1.807) is 7.11 Å². The number of anilines is 3. The van der Waals surface area contributed by atoms with Gasteiger partial charge in [-0.05, 0) is 61.4 Å². The summed E-state index contributed by atoms with van der Waals surface area (Å²) in [5.74, 6) is 1.79. The van der Waals surface area contributed by atoms with E-state index in [2.05, 4.69) is 28.4 Å². The monoisotopic (exact) mass is 490 g/mol. The van der Waals surface area contributed by atoms with E-state index < -0.39 is 5.60 Å². The molecular weight excluding hydrogens is 464 g/mol. The summed E-state index contributed by atoms with van der Waals surface area (Å²) in [7, 11) is 1.65. The topological polar surface area (TPSA) is 60.0 Å². The smallest absolute Gasteiger partial charge is 0.340 e. The minimum Gasteiger partial charge on any atom is -0.495 e. The van der Waals surface area contributed by atoms with E-state index in [1.807, 2.05) is 66.7 Å². The zero-order chi connectivity index (χ0) is 25.0. The number of methoxy groups -OCH3 is 1. The van der Waals surface area contributed by atoms with E-state index in [-0.39, 0.29) is 5.97 Å². The first-order chi connectivity index (χ1) is 18.2. The second-order valence-corrected chi connectivity index (χ2v) is 9.63. The molecule has 3 aliphatic heterocycles. The van der Waals surface area contributed by atoms with Crippen LogP contribution in [0.2, 0.25) is 0 Å². The van der Waals surface area contributed by atoms with Gasteiger partial charge < -0.3 is 24.4 Å². The summed E-state index contributed by atoms with van der Waals surface area (Å²) in [5.41, 5.74) is 4.73. The van der Waals surface area contributed by atoms with Crippen molar-refractivity contribution in [2.24, 2.45) is 0 Å². The molecule has 1 spiro atoms. The van der Waals surface area contributed by atoms with Crippen molar-refractivity contribution in [2.75, 3.05) is 30.4 Å². The van der Waals surface area contributed by atoms with Gasteiger partial charge in [-0.1, -0.05) is 30.3 Å². The van der Waals surface area contributed by atoms with Gasteiger partial charge in [0.1, 0.15) is 17.2 Å². The Labute approximate surface area is 215 Å². The number of ether oxygens (including phenoxy) is 3. The van der Waals surface area contributed by atoms with Gasteiger partial charge in [0.2, 0.25) is 0 Å². The van der Waals surface area contributed by atoms with Crippen molar-refractivity contribution < 1.29 is 19.0 Å². The molecule has 37 heavy (non-hydrogen) atoms. The Balaban J connectivity index is 1.40. The molecule has 0 radical (unpaired) electrons. The minimum atomic E-state index is -1.10. The molecule has 3 aliphatic rings. The summed E-state index contributed by atoms with van der Waals surface area (Å²) in [6.45, 7) is 2.08. The number of hydrogen-bond acceptors (Lipinski definition) is 6. The van der Waals surface area contributed by atoms with Crippen LogP contribution in [0.25, 0.3) is 0 Å². The first-order valence-electron chi connectivity index (χ1n) is 12.6. The molecule has 1 saturated heterocycles. The van der Waals surface area contributed by atoms with Crippen LogP contribution < -0.4 is 19.7 Å². The Bertz CT molecular complexity index is 1540. The largest absolute Gasteiger partial charge is 0.495 e. The molecule has 4 aromatic carbocycles. The number of para-hydroxylation sites is 2. The van der Waals surface area contributed by atoms with Crippen molar-refractivity contribution in [3.63, 3.8) is 0 Å². The summed E-state index contributed by atoms with van der Waals surface area (Å²) in [6, 6.07) is 27.6. The molecule has 1 fully saturated rings. The fourth-order valence-corrected chi connectivity index (χ4v) is 5.81. The SMILES string of the molecule is COc1ccccc1Nc1ccc2c(c1)C1(OC(=O)c3ccccc31)c1ccc(N3CCCC3)cc1O2. The van der Waals surface area contributed by atoms with Crippen molar-refractivity contribution in [1.29, 1.82) is 0 Å². The third kappa shape index (κ3) is 3.29. The van der Waals surface area contributed by atoms with Crippen LogP contribution in [-0.2, 0) is 10.3 Å². The van der Waals surface area contributed by atoms with Gasteiger partial charge >= 0.3 is 5.97 Å². The van der Waals surface area contributed by atoms with Crippen molar-refractivity contribution >= 4 is 23.0 Å². The van der Waals surface area contributed by atoms with Gasteiger partial charge in [-0.15, -0.1) is 0 Å². The zero-order valence-corrected chi connectivity index (χ0v) is 20.5. The maximum absolute atomic E-state index is 13.2. The van der Waals surface area contributed by atoms with E-state index in [0.29, 0.717) is 17.1 Å². The Morgan fingerprint density at radius 2 is 1.65 bits per heavy atom. The highest BCUT2D eigenvalue weighted by Gasteiger charge is 2.53. The summed E-state index contributed by atoms with van der Waals surface area (Å²) >= 11 is 0. The highest BCUT2D eigenvalue weighted by molar-refractivity contribution is 5.97. The van der Waals surface area contributed by atoms with E-state index in [1.165, 1.54) is 12.8 Å². The van der Waals surface area contributed by atoms with Gasteiger partial charge in [-0.25, -0.2) is 4.79 Å². The molecule has 0 aromatic heterocycles. The average Bonchev–Trinajstić information content (AvgIpc) is 3.57. The van der Waals surface area contributed by atoms with E-state index in [4.69, 9.17) is 14.2 Å². The Morgan fingerprint density at radius 3 is 2.51 bits per heavy atom. The van der Waals surface area contributed by atoms with Crippen molar-refractivity contribution in [3.05, 3.63) is 107 Å². The van der Waals surface area contributed by atoms with Gasteiger partial charge in [0, 0.05) is 47.2 Å². The number of carbonyl (C=O) groups excluding carboxylic acids is 1. The molecule has 4 aromatic rings. The number of rotatable bonds is 4. The number of nitrogens with one attached hydrogen (secondary N) is 1. The van der Waals surface area contributed by atoms with Gasteiger partial charge in [0.15, 0.2) is 5.60 Å². The highest BCUT2D eigenvalue weighted by Crippen LogP contribution is 2.57.